The Labute approximate surface area is 247 Å². The van der Waals surface area contributed by atoms with Gasteiger partial charge in [0.25, 0.3) is 0 Å². The second-order valence-corrected chi connectivity index (χ2v) is 11.9. The summed E-state index contributed by atoms with van der Waals surface area (Å²) in [5, 5.41) is 17.9. The highest BCUT2D eigenvalue weighted by molar-refractivity contribution is 6.13. The zero-order valence-electron chi connectivity index (χ0n) is 23.6. The molecule has 206 valence electrons. The number of allylic oxidation sites excluding steroid dienone is 2. The molecule has 0 spiro atoms. The van der Waals surface area contributed by atoms with E-state index in [0.717, 1.165) is 48.3 Å². The van der Waals surface area contributed by atoms with E-state index in [1.54, 1.807) is 0 Å². The summed E-state index contributed by atoms with van der Waals surface area (Å²) in [5.41, 5.74) is 6.53. The topological polar surface area (TPSA) is 45.1 Å². The molecule has 0 fully saturated rings. The maximum absolute atomic E-state index is 8.97. The minimum absolute atomic E-state index is 0.0313. The van der Waals surface area contributed by atoms with Gasteiger partial charge < -0.3 is 10.1 Å². The molecule has 3 heteroatoms. The lowest BCUT2D eigenvalue weighted by molar-refractivity contribution is 0.234. The average molecular weight is 547 g/mol. The van der Waals surface area contributed by atoms with Crippen molar-refractivity contribution in [2.75, 3.05) is 5.32 Å². The summed E-state index contributed by atoms with van der Waals surface area (Å²) in [6.07, 6.45) is 11.1. The predicted molar refractivity (Wildman–Crippen MR) is 174 cm³/mol. The lowest BCUT2D eigenvalue weighted by Crippen LogP contribution is -2.29. The van der Waals surface area contributed by atoms with Crippen LogP contribution < -0.4 is 10.1 Å². The van der Waals surface area contributed by atoms with Gasteiger partial charge in [-0.05, 0) is 82.7 Å². The standard InChI is InChI=1S/C39H34N2O/c40-38(25-12-2-1-3-13-25)33-20-8-9-22-34(33)41-27-15-10-14-26(24-27)28-21-11-23-35-36(28)37-31-18-6-4-16-29(31)30-17-5-7-19-32(30)39(37)42-35/h1-7,10-20,23-24,28,34-36,40-41H,8-9,21-22H2. The molecule has 0 radical (unpaired) electrons. The molecule has 0 saturated carbocycles. The predicted octanol–water partition coefficient (Wildman–Crippen LogP) is 9.54. The molecule has 1 heterocycles. The Hall–Kier alpha value is -4.63. The minimum atomic E-state index is 0.0313. The molecule has 5 aromatic rings. The first-order valence-electron chi connectivity index (χ1n) is 15.2. The summed E-state index contributed by atoms with van der Waals surface area (Å²) in [6.45, 7) is 0. The number of rotatable bonds is 5. The maximum Gasteiger partial charge on any atom is 0.132 e. The lowest BCUT2D eigenvalue weighted by atomic mass is 9.73. The van der Waals surface area contributed by atoms with Gasteiger partial charge in [-0.2, -0.15) is 0 Å². The quantitative estimate of drug-likeness (QED) is 0.131. The van der Waals surface area contributed by atoms with Crippen molar-refractivity contribution in [3.05, 3.63) is 144 Å². The van der Waals surface area contributed by atoms with E-state index in [-0.39, 0.29) is 18.1 Å². The first-order valence-corrected chi connectivity index (χ1v) is 15.2. The molecule has 5 aromatic carbocycles. The van der Waals surface area contributed by atoms with E-state index in [4.69, 9.17) is 10.1 Å². The van der Waals surface area contributed by atoms with Crippen LogP contribution in [0.3, 0.4) is 0 Å². The van der Waals surface area contributed by atoms with Crippen LogP contribution in [0.2, 0.25) is 0 Å². The van der Waals surface area contributed by atoms with Gasteiger partial charge in [0.1, 0.15) is 11.9 Å². The zero-order chi connectivity index (χ0) is 28.0. The second-order valence-electron chi connectivity index (χ2n) is 11.9. The third kappa shape index (κ3) is 4.15. The lowest BCUT2D eigenvalue weighted by Gasteiger charge is -2.31. The Bertz CT molecular complexity index is 1890. The van der Waals surface area contributed by atoms with Crippen molar-refractivity contribution in [1.29, 1.82) is 5.41 Å². The van der Waals surface area contributed by atoms with Crippen LogP contribution in [-0.4, -0.2) is 17.9 Å². The molecular formula is C39H34N2O. The molecule has 42 heavy (non-hydrogen) atoms. The highest BCUT2D eigenvalue weighted by atomic mass is 16.5. The number of fused-ring (bicyclic) bond motifs is 8. The van der Waals surface area contributed by atoms with Gasteiger partial charge >= 0.3 is 0 Å². The van der Waals surface area contributed by atoms with Crippen LogP contribution in [-0.2, 0) is 0 Å². The number of ether oxygens (including phenoxy) is 1. The van der Waals surface area contributed by atoms with E-state index in [1.165, 1.54) is 32.7 Å². The Morgan fingerprint density at radius 3 is 2.36 bits per heavy atom. The van der Waals surface area contributed by atoms with E-state index >= 15 is 0 Å². The molecule has 4 unspecified atom stereocenters. The molecule has 0 amide bonds. The third-order valence-electron chi connectivity index (χ3n) is 9.46. The van der Waals surface area contributed by atoms with Crippen LogP contribution in [0.1, 0.15) is 54.2 Å². The van der Waals surface area contributed by atoms with Gasteiger partial charge in [-0.15, -0.1) is 0 Å². The molecule has 2 aliphatic carbocycles. The number of anilines is 1. The SMILES string of the molecule is N=C(C1=CCCCC1Nc1cccc(C2CC=CC3Oc4c(c5ccccc5c5ccccc45)C32)c1)c1ccccc1. The minimum Gasteiger partial charge on any atom is -0.485 e. The van der Waals surface area contributed by atoms with Crippen LogP contribution in [0.4, 0.5) is 5.69 Å². The van der Waals surface area contributed by atoms with Crippen molar-refractivity contribution < 1.29 is 4.74 Å². The van der Waals surface area contributed by atoms with Crippen molar-refractivity contribution in [3.8, 4) is 5.75 Å². The van der Waals surface area contributed by atoms with Gasteiger partial charge in [0.2, 0.25) is 0 Å². The largest absolute Gasteiger partial charge is 0.485 e. The van der Waals surface area contributed by atoms with Gasteiger partial charge in [-0.3, -0.25) is 5.41 Å². The molecule has 1 aliphatic heterocycles. The van der Waals surface area contributed by atoms with Gasteiger partial charge in [0, 0.05) is 22.6 Å². The van der Waals surface area contributed by atoms with Crippen molar-refractivity contribution in [2.24, 2.45) is 0 Å². The highest BCUT2D eigenvalue weighted by Gasteiger charge is 2.42. The number of benzene rings is 5. The van der Waals surface area contributed by atoms with E-state index in [9.17, 15) is 0 Å². The van der Waals surface area contributed by atoms with E-state index in [0.29, 0.717) is 11.6 Å². The van der Waals surface area contributed by atoms with Crippen molar-refractivity contribution >= 4 is 32.9 Å². The summed E-state index contributed by atoms with van der Waals surface area (Å²) in [7, 11) is 0. The Kier molecular flexibility index (Phi) is 6.18. The number of hydrogen-bond donors (Lipinski definition) is 2. The monoisotopic (exact) mass is 546 g/mol. The van der Waals surface area contributed by atoms with E-state index in [2.05, 4.69) is 96.3 Å². The maximum atomic E-state index is 8.97. The molecule has 2 N–H and O–H groups in total. The van der Waals surface area contributed by atoms with Crippen molar-refractivity contribution in [1.82, 2.24) is 0 Å². The summed E-state index contributed by atoms with van der Waals surface area (Å²) >= 11 is 0. The average Bonchev–Trinajstić information content (AvgIpc) is 3.46. The summed E-state index contributed by atoms with van der Waals surface area (Å²) < 4.78 is 6.78. The van der Waals surface area contributed by atoms with Gasteiger partial charge in [0.15, 0.2) is 0 Å². The van der Waals surface area contributed by atoms with Crippen LogP contribution in [0, 0.1) is 5.41 Å². The summed E-state index contributed by atoms with van der Waals surface area (Å²) in [5.74, 6) is 1.63. The first-order chi connectivity index (χ1) is 20.8. The molecule has 3 aliphatic rings. The molecule has 0 aromatic heterocycles. The smallest absolute Gasteiger partial charge is 0.132 e. The fourth-order valence-electron chi connectivity index (χ4n) is 7.54. The van der Waals surface area contributed by atoms with E-state index in [1.807, 2.05) is 30.3 Å². The molecule has 0 saturated heterocycles. The third-order valence-corrected chi connectivity index (χ3v) is 9.46. The molecule has 4 atom stereocenters. The second kappa shape index (κ2) is 10.3. The van der Waals surface area contributed by atoms with Crippen LogP contribution in [0.25, 0.3) is 21.5 Å². The van der Waals surface area contributed by atoms with Crippen molar-refractivity contribution in [3.63, 3.8) is 0 Å². The van der Waals surface area contributed by atoms with Gasteiger partial charge in [0.05, 0.1) is 11.8 Å². The Morgan fingerprint density at radius 2 is 1.52 bits per heavy atom. The summed E-state index contributed by atoms with van der Waals surface area (Å²) in [4.78, 5) is 0. The van der Waals surface area contributed by atoms with Gasteiger partial charge in [-0.1, -0.05) is 103 Å². The normalized spacial score (nSPS) is 22.7. The zero-order valence-corrected chi connectivity index (χ0v) is 23.6. The van der Waals surface area contributed by atoms with Gasteiger partial charge in [-0.25, -0.2) is 0 Å². The molecule has 8 rings (SSSR count). The van der Waals surface area contributed by atoms with Crippen LogP contribution in [0.15, 0.2) is 127 Å². The highest BCUT2D eigenvalue weighted by Crippen LogP contribution is 2.55. The molecule has 0 bridgehead atoms. The van der Waals surface area contributed by atoms with Crippen LogP contribution in [0.5, 0.6) is 5.75 Å². The Morgan fingerprint density at radius 1 is 0.786 bits per heavy atom. The Balaban J connectivity index is 1.15. The first kappa shape index (κ1) is 25.1. The number of hydrogen-bond acceptors (Lipinski definition) is 3. The fourth-order valence-corrected chi connectivity index (χ4v) is 7.54. The molecule has 3 nitrogen and oxygen atoms in total. The number of nitrogens with one attached hydrogen (secondary N) is 2. The molecular weight excluding hydrogens is 512 g/mol. The van der Waals surface area contributed by atoms with Crippen LogP contribution >= 0.6 is 0 Å². The van der Waals surface area contributed by atoms with E-state index < -0.39 is 0 Å². The summed E-state index contributed by atoms with van der Waals surface area (Å²) in [6, 6.07) is 36.8. The fraction of sp³-hybridized carbons (Fsp3) is 0.205. The van der Waals surface area contributed by atoms with Crippen molar-refractivity contribution in [2.45, 2.75) is 49.7 Å².